The third-order valence-electron chi connectivity index (χ3n) is 5.97. The van der Waals surface area contributed by atoms with Crippen LogP contribution in [0.25, 0.3) is 11.0 Å². The molecule has 2 aromatic carbocycles. The summed E-state index contributed by atoms with van der Waals surface area (Å²) in [4.78, 5) is 13.2. The molecule has 1 atom stereocenters. The van der Waals surface area contributed by atoms with Crippen LogP contribution in [0, 0.1) is 17.3 Å². The van der Waals surface area contributed by atoms with Gasteiger partial charge >= 0.3 is 0 Å². The molecule has 1 spiro atoms. The highest BCUT2D eigenvalue weighted by Gasteiger charge is 2.48. The van der Waals surface area contributed by atoms with Crippen LogP contribution in [0.2, 0.25) is 0 Å². The molecule has 0 saturated carbocycles. The summed E-state index contributed by atoms with van der Waals surface area (Å²) in [5.74, 6) is 6.41. The SMILES string of the molecule is CS[C@@H](Cn1nnc2cc(C#Cc3ccc(N4CC5(COC5)C4)cc3)ccc21)N(O)C=O. The lowest BCUT2D eigenvalue weighted by Crippen LogP contribution is -2.66. The number of carbonyl (C=O) groups excluding carboxylic acids is 1. The van der Waals surface area contributed by atoms with Crippen molar-refractivity contribution in [3.63, 3.8) is 0 Å². The fraction of sp³-hybridized carbons (Fsp3) is 0.348. The Bertz CT molecular complexity index is 1190. The van der Waals surface area contributed by atoms with E-state index in [1.807, 2.05) is 24.5 Å². The van der Waals surface area contributed by atoms with Crippen LogP contribution in [0.1, 0.15) is 11.1 Å². The highest BCUT2D eigenvalue weighted by molar-refractivity contribution is 7.99. The van der Waals surface area contributed by atoms with Crippen LogP contribution in [-0.4, -0.2) is 69.6 Å². The molecular formula is C23H23N5O3S. The summed E-state index contributed by atoms with van der Waals surface area (Å²) in [5.41, 5.74) is 4.98. The molecule has 9 heteroatoms. The predicted molar refractivity (Wildman–Crippen MR) is 122 cm³/mol. The van der Waals surface area contributed by atoms with Crippen molar-refractivity contribution in [1.82, 2.24) is 20.1 Å². The lowest BCUT2D eigenvalue weighted by atomic mass is 9.78. The van der Waals surface area contributed by atoms with Crippen molar-refractivity contribution in [2.75, 3.05) is 37.5 Å². The van der Waals surface area contributed by atoms with Gasteiger partial charge in [-0.3, -0.25) is 10.0 Å². The summed E-state index contributed by atoms with van der Waals surface area (Å²) in [6, 6.07) is 14.1. The first-order chi connectivity index (χ1) is 15.6. The number of rotatable bonds is 6. The van der Waals surface area contributed by atoms with Crippen LogP contribution >= 0.6 is 11.8 Å². The largest absolute Gasteiger partial charge is 0.380 e. The van der Waals surface area contributed by atoms with E-state index in [1.54, 1.807) is 4.68 Å². The smallest absolute Gasteiger partial charge is 0.234 e. The van der Waals surface area contributed by atoms with Gasteiger partial charge in [-0.15, -0.1) is 16.9 Å². The molecule has 1 aromatic heterocycles. The standard InChI is InChI=1S/C23H23N5O3S/c1-32-22(28(30)16-29)11-27-21-9-6-18(10-20(21)24-25-27)3-2-17-4-7-19(8-5-17)26-12-23(13-26)14-31-15-23/h4-10,16,22,30H,11-15H2,1H3/t22-/m0/s1. The van der Waals surface area contributed by atoms with E-state index in [9.17, 15) is 10.0 Å². The van der Waals surface area contributed by atoms with Crippen LogP contribution in [0.5, 0.6) is 0 Å². The minimum Gasteiger partial charge on any atom is -0.380 e. The lowest BCUT2D eigenvalue weighted by Gasteiger charge is -2.56. The Labute approximate surface area is 190 Å². The average molecular weight is 450 g/mol. The van der Waals surface area contributed by atoms with E-state index < -0.39 is 5.37 Å². The zero-order valence-electron chi connectivity index (χ0n) is 17.6. The van der Waals surface area contributed by atoms with E-state index in [4.69, 9.17) is 4.74 Å². The second-order valence-corrected chi connectivity index (χ2v) is 9.31. The van der Waals surface area contributed by atoms with Gasteiger partial charge in [-0.1, -0.05) is 17.1 Å². The highest BCUT2D eigenvalue weighted by atomic mass is 32.2. The van der Waals surface area contributed by atoms with Gasteiger partial charge < -0.3 is 9.64 Å². The fourth-order valence-corrected chi connectivity index (χ4v) is 4.64. The molecule has 0 radical (unpaired) electrons. The lowest BCUT2D eigenvalue weighted by molar-refractivity contribution is -0.153. The van der Waals surface area contributed by atoms with Crippen LogP contribution in [0.4, 0.5) is 5.69 Å². The van der Waals surface area contributed by atoms with Crippen molar-refractivity contribution >= 4 is 34.9 Å². The molecular weight excluding hydrogens is 426 g/mol. The number of aromatic nitrogens is 3. The highest BCUT2D eigenvalue weighted by Crippen LogP contribution is 2.40. The summed E-state index contributed by atoms with van der Waals surface area (Å²) < 4.78 is 7.02. The summed E-state index contributed by atoms with van der Waals surface area (Å²) >= 11 is 1.36. The molecule has 2 aliphatic heterocycles. The number of hydrogen-bond donors (Lipinski definition) is 1. The molecule has 2 saturated heterocycles. The number of benzene rings is 2. The number of ether oxygens (including phenoxy) is 1. The van der Waals surface area contributed by atoms with E-state index in [0.717, 1.165) is 42.9 Å². The number of anilines is 1. The Hall–Kier alpha value is -3.06. The van der Waals surface area contributed by atoms with Crippen molar-refractivity contribution in [3.05, 3.63) is 53.6 Å². The molecule has 0 unspecified atom stereocenters. The monoisotopic (exact) mass is 449 g/mol. The maximum Gasteiger partial charge on any atom is 0.234 e. The Morgan fingerprint density at radius 2 is 1.94 bits per heavy atom. The molecule has 2 fully saturated rings. The molecule has 1 N–H and O–H groups in total. The van der Waals surface area contributed by atoms with Crippen molar-refractivity contribution < 1.29 is 14.7 Å². The molecule has 0 aliphatic carbocycles. The van der Waals surface area contributed by atoms with Crippen molar-refractivity contribution in [2.45, 2.75) is 11.9 Å². The number of hydroxylamine groups is 2. The maximum atomic E-state index is 10.8. The summed E-state index contributed by atoms with van der Waals surface area (Å²) in [6.07, 6.45) is 2.21. The quantitative estimate of drug-likeness (QED) is 0.203. The van der Waals surface area contributed by atoms with E-state index in [-0.39, 0.29) is 0 Å². The Kier molecular flexibility index (Phi) is 5.51. The average Bonchev–Trinajstić information content (AvgIpc) is 3.16. The number of fused-ring (bicyclic) bond motifs is 1. The third-order valence-corrected chi connectivity index (χ3v) is 6.88. The fourth-order valence-electron chi connectivity index (χ4n) is 4.09. The second-order valence-electron chi connectivity index (χ2n) is 8.30. The number of amides is 1. The maximum absolute atomic E-state index is 10.8. The minimum atomic E-state index is -0.441. The molecule has 32 heavy (non-hydrogen) atoms. The summed E-state index contributed by atoms with van der Waals surface area (Å²) in [5, 5.41) is 18.2. The topological polar surface area (TPSA) is 83.7 Å². The van der Waals surface area contributed by atoms with E-state index in [0.29, 0.717) is 28.9 Å². The Balaban J connectivity index is 1.26. The zero-order chi connectivity index (χ0) is 22.1. The minimum absolute atomic E-state index is 0.329. The van der Waals surface area contributed by atoms with Gasteiger partial charge in [-0.25, -0.2) is 9.75 Å². The first kappa shape index (κ1) is 20.8. The van der Waals surface area contributed by atoms with Crippen LogP contribution < -0.4 is 4.90 Å². The molecule has 1 amide bonds. The van der Waals surface area contributed by atoms with Gasteiger partial charge in [0.05, 0.1) is 30.7 Å². The molecule has 5 rings (SSSR count). The number of carbonyl (C=O) groups is 1. The van der Waals surface area contributed by atoms with Gasteiger partial charge in [0.2, 0.25) is 6.41 Å². The molecule has 164 valence electrons. The Morgan fingerprint density at radius 1 is 1.22 bits per heavy atom. The van der Waals surface area contributed by atoms with Crippen molar-refractivity contribution in [1.29, 1.82) is 0 Å². The van der Waals surface area contributed by atoms with E-state index in [2.05, 4.69) is 51.3 Å². The Morgan fingerprint density at radius 3 is 2.59 bits per heavy atom. The van der Waals surface area contributed by atoms with Gasteiger partial charge in [0.15, 0.2) is 0 Å². The van der Waals surface area contributed by atoms with Crippen LogP contribution in [0.15, 0.2) is 42.5 Å². The number of thioether (sulfide) groups is 1. The normalized spacial score (nSPS) is 17.2. The van der Waals surface area contributed by atoms with Gasteiger partial charge in [-0.2, -0.15) is 0 Å². The molecule has 3 heterocycles. The van der Waals surface area contributed by atoms with Gasteiger partial charge in [0.25, 0.3) is 0 Å². The zero-order valence-corrected chi connectivity index (χ0v) is 18.5. The van der Waals surface area contributed by atoms with Crippen LogP contribution in [0.3, 0.4) is 0 Å². The molecule has 8 nitrogen and oxygen atoms in total. The van der Waals surface area contributed by atoms with Crippen molar-refractivity contribution in [3.8, 4) is 11.8 Å². The second kappa shape index (κ2) is 8.47. The van der Waals surface area contributed by atoms with E-state index in [1.165, 1.54) is 17.4 Å². The van der Waals surface area contributed by atoms with Gasteiger partial charge in [0, 0.05) is 29.9 Å². The van der Waals surface area contributed by atoms with Gasteiger partial charge in [-0.05, 0) is 48.7 Å². The first-order valence-electron chi connectivity index (χ1n) is 10.3. The van der Waals surface area contributed by atoms with Crippen molar-refractivity contribution in [2.24, 2.45) is 5.41 Å². The third kappa shape index (κ3) is 3.93. The first-order valence-corrected chi connectivity index (χ1v) is 11.6. The summed E-state index contributed by atoms with van der Waals surface area (Å²) in [6.45, 7) is 4.25. The van der Waals surface area contributed by atoms with Gasteiger partial charge in [0.1, 0.15) is 10.9 Å². The van der Waals surface area contributed by atoms with Crippen LogP contribution in [-0.2, 0) is 16.1 Å². The van der Waals surface area contributed by atoms with E-state index >= 15 is 0 Å². The number of nitrogens with zero attached hydrogens (tertiary/aromatic N) is 5. The molecule has 2 aliphatic rings. The predicted octanol–water partition coefficient (Wildman–Crippen LogP) is 2.20. The molecule has 0 bridgehead atoms. The number of hydrogen-bond acceptors (Lipinski definition) is 7. The molecule has 3 aromatic rings. The summed E-state index contributed by atoms with van der Waals surface area (Å²) in [7, 11) is 0.